The number of hydrogen-bond donors (Lipinski definition) is 0. The molecule has 146 valence electrons. The van der Waals surface area contributed by atoms with Crippen LogP contribution < -0.4 is 4.74 Å². The van der Waals surface area contributed by atoms with Crippen molar-refractivity contribution in [2.24, 2.45) is 0 Å². The zero-order chi connectivity index (χ0) is 19.9. The maximum absolute atomic E-state index is 11.8. The second kappa shape index (κ2) is 9.50. The number of carbonyl (C=O) groups excluding carboxylic acids is 2. The summed E-state index contributed by atoms with van der Waals surface area (Å²) >= 11 is 1.54. The van der Waals surface area contributed by atoms with Crippen LogP contribution in [0.4, 0.5) is 0 Å². The van der Waals surface area contributed by atoms with E-state index in [9.17, 15) is 9.59 Å². The summed E-state index contributed by atoms with van der Waals surface area (Å²) < 4.78 is 15.5. The topological polar surface area (TPSA) is 74.7 Å². The van der Waals surface area contributed by atoms with E-state index in [0.717, 1.165) is 16.3 Å². The van der Waals surface area contributed by atoms with E-state index in [4.69, 9.17) is 9.47 Å². The van der Waals surface area contributed by atoms with E-state index in [1.54, 1.807) is 6.07 Å². The molecule has 0 radical (unpaired) electrons. The summed E-state index contributed by atoms with van der Waals surface area (Å²) in [5, 5.41) is 2.89. The molecule has 0 aliphatic carbocycles. The number of rotatable bonds is 8. The SMILES string of the molecule is COC(=O)COc1ccccc1-c1csc(CCCC(=O)OC(C)(C)C)n1. The lowest BCUT2D eigenvalue weighted by Gasteiger charge is -2.19. The first-order valence-electron chi connectivity index (χ1n) is 8.74. The van der Waals surface area contributed by atoms with Crippen molar-refractivity contribution in [2.45, 2.75) is 45.6 Å². The molecule has 0 atom stereocenters. The molecule has 0 aliphatic rings. The van der Waals surface area contributed by atoms with Crippen LogP contribution in [0.1, 0.15) is 38.6 Å². The third-order valence-corrected chi connectivity index (χ3v) is 4.39. The van der Waals surface area contributed by atoms with Crippen LogP contribution in [0.25, 0.3) is 11.3 Å². The average Bonchev–Trinajstić information content (AvgIpc) is 3.07. The molecule has 0 saturated carbocycles. The van der Waals surface area contributed by atoms with Gasteiger partial charge in [-0.1, -0.05) is 12.1 Å². The fraction of sp³-hybridized carbons (Fsp3) is 0.450. The van der Waals surface area contributed by atoms with Crippen molar-refractivity contribution in [3.8, 4) is 17.0 Å². The third kappa shape index (κ3) is 7.02. The predicted octanol–water partition coefficient (Wildman–Crippen LogP) is 4.03. The van der Waals surface area contributed by atoms with Crippen LogP contribution in [-0.2, 0) is 25.5 Å². The van der Waals surface area contributed by atoms with Crippen molar-refractivity contribution >= 4 is 23.3 Å². The number of esters is 2. The number of methoxy groups -OCH3 is 1. The minimum atomic E-state index is -0.459. The highest BCUT2D eigenvalue weighted by molar-refractivity contribution is 7.09. The highest BCUT2D eigenvalue weighted by Crippen LogP contribution is 2.31. The molecular formula is C20H25NO5S. The Balaban J connectivity index is 1.95. The molecule has 1 aromatic carbocycles. The molecule has 0 spiro atoms. The average molecular weight is 391 g/mol. The van der Waals surface area contributed by atoms with Gasteiger partial charge in [0.25, 0.3) is 0 Å². The number of aromatic nitrogens is 1. The van der Waals surface area contributed by atoms with E-state index in [-0.39, 0.29) is 12.6 Å². The smallest absolute Gasteiger partial charge is 0.343 e. The number of para-hydroxylation sites is 1. The quantitative estimate of drug-likeness (QED) is 0.633. The predicted molar refractivity (Wildman–Crippen MR) is 104 cm³/mol. The first-order valence-corrected chi connectivity index (χ1v) is 9.62. The van der Waals surface area contributed by atoms with E-state index in [0.29, 0.717) is 25.0 Å². The lowest BCUT2D eigenvalue weighted by molar-refractivity contribution is -0.154. The Hall–Kier alpha value is -2.41. The zero-order valence-corrected chi connectivity index (χ0v) is 16.9. The van der Waals surface area contributed by atoms with Crippen molar-refractivity contribution in [2.75, 3.05) is 13.7 Å². The summed E-state index contributed by atoms with van der Waals surface area (Å²) in [6.07, 6.45) is 1.75. The maximum atomic E-state index is 11.8. The minimum absolute atomic E-state index is 0.152. The van der Waals surface area contributed by atoms with Gasteiger partial charge in [-0.25, -0.2) is 9.78 Å². The van der Waals surface area contributed by atoms with E-state index in [2.05, 4.69) is 9.72 Å². The summed E-state index contributed by atoms with van der Waals surface area (Å²) in [6, 6.07) is 7.41. The molecule has 0 N–H and O–H groups in total. The summed E-state index contributed by atoms with van der Waals surface area (Å²) in [5.41, 5.74) is 1.14. The van der Waals surface area contributed by atoms with Crippen molar-refractivity contribution < 1.29 is 23.8 Å². The number of benzene rings is 1. The van der Waals surface area contributed by atoms with Gasteiger partial charge in [0.1, 0.15) is 11.4 Å². The molecule has 1 heterocycles. The van der Waals surface area contributed by atoms with Crippen LogP contribution in [0.2, 0.25) is 0 Å². The van der Waals surface area contributed by atoms with Gasteiger partial charge >= 0.3 is 11.9 Å². The number of aryl methyl sites for hydroxylation is 1. The van der Waals surface area contributed by atoms with E-state index < -0.39 is 11.6 Å². The first kappa shape index (κ1) is 20.9. The summed E-state index contributed by atoms with van der Waals surface area (Å²) in [5.74, 6) is -0.0553. The molecule has 2 aromatic rings. The van der Waals surface area contributed by atoms with Gasteiger partial charge < -0.3 is 14.2 Å². The number of ether oxygens (including phenoxy) is 3. The first-order chi connectivity index (χ1) is 12.8. The second-order valence-electron chi connectivity index (χ2n) is 6.93. The monoisotopic (exact) mass is 391 g/mol. The van der Waals surface area contributed by atoms with Crippen LogP contribution in [0.15, 0.2) is 29.6 Å². The molecule has 0 bridgehead atoms. The van der Waals surface area contributed by atoms with Gasteiger partial charge in [0.2, 0.25) is 0 Å². The Morgan fingerprint density at radius 3 is 2.59 bits per heavy atom. The van der Waals surface area contributed by atoms with Gasteiger partial charge in [0, 0.05) is 17.4 Å². The maximum Gasteiger partial charge on any atom is 0.343 e. The largest absolute Gasteiger partial charge is 0.481 e. The third-order valence-electron chi connectivity index (χ3n) is 3.48. The van der Waals surface area contributed by atoms with Crippen LogP contribution >= 0.6 is 11.3 Å². The van der Waals surface area contributed by atoms with Gasteiger partial charge in [-0.3, -0.25) is 4.79 Å². The van der Waals surface area contributed by atoms with Gasteiger partial charge in [-0.05, 0) is 45.7 Å². The number of hydrogen-bond acceptors (Lipinski definition) is 7. The molecule has 0 fully saturated rings. The fourth-order valence-electron chi connectivity index (χ4n) is 2.33. The lowest BCUT2D eigenvalue weighted by atomic mass is 10.1. The normalized spacial score (nSPS) is 11.1. The molecule has 0 unspecified atom stereocenters. The molecule has 2 rings (SSSR count). The van der Waals surface area contributed by atoms with Gasteiger partial charge in [-0.15, -0.1) is 11.3 Å². The summed E-state index contributed by atoms with van der Waals surface area (Å²) in [4.78, 5) is 27.7. The second-order valence-corrected chi connectivity index (χ2v) is 7.87. The Kier molecular flexibility index (Phi) is 7.36. The van der Waals surface area contributed by atoms with Gasteiger partial charge in [0.15, 0.2) is 6.61 Å². The van der Waals surface area contributed by atoms with E-state index in [1.807, 2.05) is 44.4 Å². The molecule has 7 heteroatoms. The van der Waals surface area contributed by atoms with Crippen LogP contribution in [0.5, 0.6) is 5.75 Å². The number of thiazole rings is 1. The Bertz CT molecular complexity index is 779. The molecule has 0 aliphatic heterocycles. The number of nitrogens with zero attached hydrogens (tertiary/aromatic N) is 1. The lowest BCUT2D eigenvalue weighted by Crippen LogP contribution is -2.23. The van der Waals surface area contributed by atoms with Crippen LogP contribution in [0, 0.1) is 0 Å². The molecule has 6 nitrogen and oxygen atoms in total. The molecule has 1 aromatic heterocycles. The van der Waals surface area contributed by atoms with Crippen LogP contribution in [-0.4, -0.2) is 36.2 Å². The van der Waals surface area contributed by atoms with Crippen molar-refractivity contribution in [1.82, 2.24) is 4.98 Å². The highest BCUT2D eigenvalue weighted by Gasteiger charge is 2.16. The van der Waals surface area contributed by atoms with Crippen molar-refractivity contribution in [3.05, 3.63) is 34.7 Å². The van der Waals surface area contributed by atoms with Crippen molar-refractivity contribution in [1.29, 1.82) is 0 Å². The molecule has 0 saturated heterocycles. The zero-order valence-electron chi connectivity index (χ0n) is 16.1. The minimum Gasteiger partial charge on any atom is -0.481 e. The molecule has 0 amide bonds. The fourth-order valence-corrected chi connectivity index (χ4v) is 3.17. The van der Waals surface area contributed by atoms with Crippen molar-refractivity contribution in [3.63, 3.8) is 0 Å². The molecular weight excluding hydrogens is 366 g/mol. The van der Waals surface area contributed by atoms with Crippen LogP contribution in [0.3, 0.4) is 0 Å². The van der Waals surface area contributed by atoms with Gasteiger partial charge in [0.05, 0.1) is 17.8 Å². The van der Waals surface area contributed by atoms with Gasteiger partial charge in [-0.2, -0.15) is 0 Å². The summed E-state index contributed by atoms with van der Waals surface area (Å²) in [6.45, 7) is 5.42. The molecule has 27 heavy (non-hydrogen) atoms. The van der Waals surface area contributed by atoms with E-state index >= 15 is 0 Å². The standard InChI is InChI=1S/C20H25NO5S/c1-20(2,3)26-18(22)11-7-10-17-21-15(13-27-17)14-8-5-6-9-16(14)25-12-19(23)24-4/h5-6,8-9,13H,7,10-12H2,1-4H3. The number of carbonyl (C=O) groups is 2. The summed E-state index contributed by atoms with van der Waals surface area (Å²) in [7, 11) is 1.32. The Morgan fingerprint density at radius 2 is 1.89 bits per heavy atom. The Morgan fingerprint density at radius 1 is 1.15 bits per heavy atom. The highest BCUT2D eigenvalue weighted by atomic mass is 32.1. The Labute approximate surface area is 163 Å². The van der Waals surface area contributed by atoms with E-state index in [1.165, 1.54) is 18.4 Å².